The second-order valence-corrected chi connectivity index (χ2v) is 3.59. The molecule has 0 aliphatic rings. The van der Waals surface area contributed by atoms with Crippen molar-refractivity contribution in [1.82, 2.24) is 9.55 Å². The van der Waals surface area contributed by atoms with Crippen molar-refractivity contribution in [2.24, 2.45) is 5.14 Å². The molecule has 8 heteroatoms. The molecule has 0 saturated carbocycles. The van der Waals surface area contributed by atoms with Gasteiger partial charge in [0.25, 0.3) is 0 Å². The summed E-state index contributed by atoms with van der Waals surface area (Å²) in [7, 11) is 0. The first-order valence-corrected chi connectivity index (χ1v) is 5.62. The van der Waals surface area contributed by atoms with E-state index in [1.807, 2.05) is 0 Å². The fourth-order valence-electron chi connectivity index (χ4n) is 1.12. The lowest BCUT2D eigenvalue weighted by Gasteiger charge is -2.18. The third kappa shape index (κ3) is 3.49. The van der Waals surface area contributed by atoms with Crippen LogP contribution in [0.4, 0.5) is 5.82 Å². The molecule has 0 bridgehead atoms. The minimum Gasteiger partial charge on any atom is -0.394 e. The molecule has 1 aromatic rings. The van der Waals surface area contributed by atoms with Gasteiger partial charge in [-0.05, 0) is 6.07 Å². The van der Waals surface area contributed by atoms with E-state index in [1.165, 1.54) is 16.8 Å². The number of aromatic nitrogens is 2. The van der Waals surface area contributed by atoms with Crippen LogP contribution in [0.2, 0.25) is 0 Å². The average molecular weight is 246 g/mol. The van der Waals surface area contributed by atoms with E-state index in [-0.39, 0.29) is 19.0 Å². The Balaban J connectivity index is 2.87. The van der Waals surface area contributed by atoms with Gasteiger partial charge < -0.3 is 15.6 Å². The van der Waals surface area contributed by atoms with Crippen molar-refractivity contribution in [1.29, 1.82) is 0 Å². The third-order valence-corrected chi connectivity index (χ3v) is 2.28. The molecule has 0 aromatic carbocycles. The van der Waals surface area contributed by atoms with E-state index in [0.29, 0.717) is 5.75 Å². The number of hydrogen-bond acceptors (Lipinski definition) is 7. The topological polar surface area (TPSA) is 116 Å². The Hall–Kier alpha value is -1.09. The summed E-state index contributed by atoms with van der Waals surface area (Å²) in [6.45, 7) is 0.00489. The lowest BCUT2D eigenvalue weighted by molar-refractivity contribution is -0.00246. The Labute approximate surface area is 96.5 Å². The highest BCUT2D eigenvalue weighted by atomic mass is 32.2. The summed E-state index contributed by atoms with van der Waals surface area (Å²) in [4.78, 5) is 15.1. The molecule has 1 heterocycles. The standard InChI is InChI=1S/C8H14N4O3S/c9-6-1-2-12(8(14)11-6)7(5-16-10)15-4-3-13/h1-2,7,13H,3-5,10H2,(H2,9,11,14)/t7-/m0/s1. The normalized spacial score (nSPS) is 12.6. The monoisotopic (exact) mass is 246 g/mol. The molecule has 0 spiro atoms. The van der Waals surface area contributed by atoms with E-state index < -0.39 is 11.9 Å². The van der Waals surface area contributed by atoms with Crippen LogP contribution in [-0.2, 0) is 4.74 Å². The molecule has 7 nitrogen and oxygen atoms in total. The molecule has 1 atom stereocenters. The number of aliphatic hydroxyl groups excluding tert-OH is 1. The largest absolute Gasteiger partial charge is 0.394 e. The summed E-state index contributed by atoms with van der Waals surface area (Å²) in [5.74, 6) is 0.536. The predicted molar refractivity (Wildman–Crippen MR) is 61.6 cm³/mol. The number of nitrogen functional groups attached to an aromatic ring is 1. The van der Waals surface area contributed by atoms with Crippen molar-refractivity contribution >= 4 is 17.8 Å². The first-order valence-electron chi connectivity index (χ1n) is 4.58. The van der Waals surface area contributed by atoms with E-state index in [4.69, 9.17) is 20.7 Å². The second-order valence-electron chi connectivity index (χ2n) is 2.92. The van der Waals surface area contributed by atoms with Crippen molar-refractivity contribution in [2.75, 3.05) is 24.7 Å². The molecule has 0 aliphatic carbocycles. The third-order valence-electron chi connectivity index (χ3n) is 1.80. The van der Waals surface area contributed by atoms with Crippen LogP contribution in [0.15, 0.2) is 17.1 Å². The van der Waals surface area contributed by atoms with Crippen molar-refractivity contribution < 1.29 is 9.84 Å². The number of nitrogens with zero attached hydrogens (tertiary/aromatic N) is 2. The van der Waals surface area contributed by atoms with Crippen LogP contribution in [-0.4, -0.2) is 33.6 Å². The maximum absolute atomic E-state index is 11.5. The number of aliphatic hydroxyl groups is 1. The Kier molecular flexibility index (Phi) is 5.26. The molecule has 0 radical (unpaired) electrons. The van der Waals surface area contributed by atoms with Gasteiger partial charge in [0.15, 0.2) is 0 Å². The van der Waals surface area contributed by atoms with E-state index in [9.17, 15) is 4.79 Å². The second kappa shape index (κ2) is 6.48. The summed E-state index contributed by atoms with van der Waals surface area (Å²) in [6, 6.07) is 1.50. The highest BCUT2D eigenvalue weighted by molar-refractivity contribution is 7.97. The fourth-order valence-corrected chi connectivity index (χ4v) is 1.55. The Morgan fingerprint density at radius 2 is 2.44 bits per heavy atom. The van der Waals surface area contributed by atoms with Crippen molar-refractivity contribution in [3.05, 3.63) is 22.7 Å². The smallest absolute Gasteiger partial charge is 0.351 e. The van der Waals surface area contributed by atoms with Crippen LogP contribution in [0.3, 0.4) is 0 Å². The Morgan fingerprint density at radius 1 is 1.69 bits per heavy atom. The minimum atomic E-state index is -0.553. The van der Waals surface area contributed by atoms with Gasteiger partial charge in [0.2, 0.25) is 0 Å². The van der Waals surface area contributed by atoms with Crippen molar-refractivity contribution in [2.45, 2.75) is 6.23 Å². The summed E-state index contributed by atoms with van der Waals surface area (Å²) in [5.41, 5.74) is 4.86. The minimum absolute atomic E-state index is 0.122. The zero-order valence-corrected chi connectivity index (χ0v) is 9.39. The Bertz CT molecular complexity index is 384. The lowest BCUT2D eigenvalue weighted by atomic mass is 10.5. The fraction of sp³-hybridized carbons (Fsp3) is 0.500. The maximum atomic E-state index is 11.5. The van der Waals surface area contributed by atoms with Gasteiger partial charge in [0.1, 0.15) is 12.0 Å². The number of rotatable bonds is 6. The van der Waals surface area contributed by atoms with Crippen LogP contribution in [0, 0.1) is 0 Å². The van der Waals surface area contributed by atoms with Gasteiger partial charge in [-0.3, -0.25) is 9.71 Å². The zero-order valence-electron chi connectivity index (χ0n) is 8.57. The van der Waals surface area contributed by atoms with Crippen LogP contribution < -0.4 is 16.6 Å². The average Bonchev–Trinajstić information content (AvgIpc) is 2.25. The summed E-state index contributed by atoms with van der Waals surface area (Å²) < 4.78 is 6.55. The van der Waals surface area contributed by atoms with Gasteiger partial charge in [0.05, 0.1) is 19.0 Å². The SMILES string of the molecule is NSC[C@H](OCCO)n1ccc(N)nc1=O. The molecule has 0 unspecified atom stereocenters. The number of hydrogen-bond donors (Lipinski definition) is 3. The summed E-state index contributed by atoms with van der Waals surface area (Å²) in [6.07, 6.45) is 0.936. The molecular weight excluding hydrogens is 232 g/mol. The van der Waals surface area contributed by atoms with Crippen molar-refractivity contribution in [3.63, 3.8) is 0 Å². The van der Waals surface area contributed by atoms with Gasteiger partial charge in [-0.15, -0.1) is 0 Å². The van der Waals surface area contributed by atoms with Crippen LogP contribution in [0.5, 0.6) is 0 Å². The van der Waals surface area contributed by atoms with Crippen LogP contribution in [0.25, 0.3) is 0 Å². The molecular formula is C8H14N4O3S. The highest BCUT2D eigenvalue weighted by Gasteiger charge is 2.12. The molecule has 0 fully saturated rings. The molecule has 0 saturated heterocycles. The van der Waals surface area contributed by atoms with Gasteiger partial charge in [-0.25, -0.2) is 4.79 Å². The maximum Gasteiger partial charge on any atom is 0.351 e. The summed E-state index contributed by atoms with van der Waals surface area (Å²) >= 11 is 1.04. The zero-order chi connectivity index (χ0) is 12.0. The summed E-state index contributed by atoms with van der Waals surface area (Å²) in [5, 5.41) is 14.0. The molecule has 1 rings (SSSR count). The van der Waals surface area contributed by atoms with Gasteiger partial charge in [-0.1, -0.05) is 11.9 Å². The van der Waals surface area contributed by atoms with Crippen LogP contribution >= 0.6 is 11.9 Å². The van der Waals surface area contributed by atoms with Gasteiger partial charge >= 0.3 is 5.69 Å². The quantitative estimate of drug-likeness (QED) is 0.548. The number of ether oxygens (including phenoxy) is 1. The first-order chi connectivity index (χ1) is 7.69. The predicted octanol–water partition coefficient (Wildman–Crippen LogP) is -1.06. The first kappa shape index (κ1) is 13.0. The molecule has 1 aromatic heterocycles. The lowest BCUT2D eigenvalue weighted by Crippen LogP contribution is -2.30. The van der Waals surface area contributed by atoms with E-state index in [0.717, 1.165) is 11.9 Å². The van der Waals surface area contributed by atoms with E-state index in [1.54, 1.807) is 0 Å². The number of nitrogens with two attached hydrogens (primary N) is 2. The van der Waals surface area contributed by atoms with E-state index >= 15 is 0 Å². The van der Waals surface area contributed by atoms with E-state index in [2.05, 4.69) is 4.98 Å². The Morgan fingerprint density at radius 3 is 3.00 bits per heavy atom. The molecule has 16 heavy (non-hydrogen) atoms. The van der Waals surface area contributed by atoms with Gasteiger partial charge in [-0.2, -0.15) is 4.98 Å². The highest BCUT2D eigenvalue weighted by Crippen LogP contribution is 2.10. The molecule has 0 aliphatic heterocycles. The van der Waals surface area contributed by atoms with Gasteiger partial charge in [0, 0.05) is 6.20 Å². The van der Waals surface area contributed by atoms with Crippen molar-refractivity contribution in [3.8, 4) is 0 Å². The van der Waals surface area contributed by atoms with Crippen LogP contribution in [0.1, 0.15) is 6.23 Å². The molecule has 5 N–H and O–H groups in total. The molecule has 90 valence electrons. The number of anilines is 1. The molecule has 0 amide bonds.